The van der Waals surface area contributed by atoms with Gasteiger partial charge in [0.2, 0.25) is 0 Å². The largest absolute Gasteiger partial charge is 0.478 e. The number of nitrogens with two attached hydrogens (primary N) is 1. The number of carboxylic acids is 1. The number of aromatic carboxylic acids is 1. The van der Waals surface area contributed by atoms with Crippen LogP contribution >= 0.6 is 11.8 Å². The molecule has 0 saturated heterocycles. The topological polar surface area (TPSA) is 63.3 Å². The van der Waals surface area contributed by atoms with Gasteiger partial charge in [0.05, 0.1) is 5.56 Å². The quantitative estimate of drug-likeness (QED) is 0.754. The summed E-state index contributed by atoms with van der Waals surface area (Å²) < 4.78 is 13.2. The molecule has 1 rings (SSSR count). The fraction of sp³-hybridized carbons (Fsp3) is 0.300. The van der Waals surface area contributed by atoms with Gasteiger partial charge in [0.1, 0.15) is 5.82 Å². The Balaban J connectivity index is 2.69. The minimum Gasteiger partial charge on any atom is -0.478 e. The Morgan fingerprint density at radius 1 is 1.53 bits per heavy atom. The third-order valence-electron chi connectivity index (χ3n) is 1.79. The van der Waals surface area contributed by atoms with Gasteiger partial charge in [0.25, 0.3) is 0 Å². The average Bonchev–Trinajstić information content (AvgIpc) is 2.17. The van der Waals surface area contributed by atoms with Crippen molar-refractivity contribution in [1.29, 1.82) is 0 Å². The van der Waals surface area contributed by atoms with Crippen molar-refractivity contribution in [3.05, 3.63) is 35.1 Å². The minimum absolute atomic E-state index is 0.289. The lowest BCUT2D eigenvalue weighted by Gasteiger charge is -2.02. The molecule has 1 aromatic carbocycles. The zero-order chi connectivity index (χ0) is 11.3. The molecule has 0 aliphatic heterocycles. The number of halogens is 1. The van der Waals surface area contributed by atoms with Crippen LogP contribution in [-0.2, 0) is 5.75 Å². The first-order chi connectivity index (χ1) is 7.15. The molecule has 5 heteroatoms. The summed E-state index contributed by atoms with van der Waals surface area (Å²) in [6.07, 6.45) is 0. The molecule has 1 aromatic rings. The average molecular weight is 229 g/mol. The summed E-state index contributed by atoms with van der Waals surface area (Å²) >= 11 is 1.59. The SMILES string of the molecule is NCCSCc1ccc(C(=O)O)c(F)c1. The predicted molar refractivity (Wildman–Crippen MR) is 58.6 cm³/mol. The summed E-state index contributed by atoms with van der Waals surface area (Å²) in [5.74, 6) is -0.474. The standard InChI is InChI=1S/C10H12FNO2S/c11-9-5-7(6-15-4-3-12)1-2-8(9)10(13)14/h1-2,5H,3-4,6,12H2,(H,13,14). The van der Waals surface area contributed by atoms with E-state index in [0.717, 1.165) is 11.3 Å². The molecule has 0 aliphatic rings. The van der Waals surface area contributed by atoms with Gasteiger partial charge < -0.3 is 10.8 Å². The second-order valence-corrected chi connectivity index (χ2v) is 4.07. The van der Waals surface area contributed by atoms with Crippen LogP contribution in [-0.4, -0.2) is 23.4 Å². The Bertz CT molecular complexity index is 357. The van der Waals surface area contributed by atoms with Crippen LogP contribution in [0.1, 0.15) is 15.9 Å². The number of hydrogen-bond donors (Lipinski definition) is 2. The minimum atomic E-state index is -1.24. The normalized spacial score (nSPS) is 10.3. The Kier molecular flexibility index (Phi) is 4.58. The fourth-order valence-corrected chi connectivity index (χ4v) is 1.82. The maximum Gasteiger partial charge on any atom is 0.338 e. The maximum absolute atomic E-state index is 13.2. The van der Waals surface area contributed by atoms with Gasteiger partial charge in [-0.25, -0.2) is 9.18 Å². The van der Waals surface area contributed by atoms with Crippen molar-refractivity contribution in [2.45, 2.75) is 5.75 Å². The highest BCUT2D eigenvalue weighted by Gasteiger charge is 2.09. The summed E-state index contributed by atoms with van der Waals surface area (Å²) in [7, 11) is 0. The van der Waals surface area contributed by atoms with E-state index in [2.05, 4.69) is 0 Å². The van der Waals surface area contributed by atoms with Gasteiger partial charge >= 0.3 is 5.97 Å². The molecule has 0 aliphatic carbocycles. The first kappa shape index (κ1) is 12.0. The Morgan fingerprint density at radius 3 is 2.80 bits per heavy atom. The summed E-state index contributed by atoms with van der Waals surface area (Å²) in [5.41, 5.74) is 5.80. The Morgan fingerprint density at radius 2 is 2.27 bits per heavy atom. The highest BCUT2D eigenvalue weighted by molar-refractivity contribution is 7.98. The first-order valence-corrected chi connectivity index (χ1v) is 5.60. The number of thioether (sulfide) groups is 1. The van der Waals surface area contributed by atoms with Gasteiger partial charge in [0, 0.05) is 18.1 Å². The van der Waals surface area contributed by atoms with E-state index in [-0.39, 0.29) is 5.56 Å². The third-order valence-corrected chi connectivity index (χ3v) is 2.86. The monoisotopic (exact) mass is 229 g/mol. The molecule has 0 radical (unpaired) electrons. The van der Waals surface area contributed by atoms with Gasteiger partial charge in [-0.2, -0.15) is 11.8 Å². The second kappa shape index (κ2) is 5.72. The van der Waals surface area contributed by atoms with Gasteiger partial charge in [-0.3, -0.25) is 0 Å². The van der Waals surface area contributed by atoms with Crippen molar-refractivity contribution in [3.63, 3.8) is 0 Å². The van der Waals surface area contributed by atoms with Crippen molar-refractivity contribution in [3.8, 4) is 0 Å². The van der Waals surface area contributed by atoms with Crippen LogP contribution in [0.2, 0.25) is 0 Å². The predicted octanol–water partition coefficient (Wildman–Crippen LogP) is 1.72. The van der Waals surface area contributed by atoms with E-state index in [1.807, 2.05) is 0 Å². The molecule has 0 spiro atoms. The summed E-state index contributed by atoms with van der Waals surface area (Å²) in [6, 6.07) is 4.17. The summed E-state index contributed by atoms with van der Waals surface area (Å²) in [4.78, 5) is 10.5. The van der Waals surface area contributed by atoms with E-state index in [9.17, 15) is 9.18 Å². The van der Waals surface area contributed by atoms with Crippen molar-refractivity contribution in [2.24, 2.45) is 5.73 Å². The number of benzene rings is 1. The molecule has 3 nitrogen and oxygen atoms in total. The molecular weight excluding hydrogens is 217 g/mol. The van der Waals surface area contributed by atoms with E-state index < -0.39 is 11.8 Å². The van der Waals surface area contributed by atoms with Gasteiger partial charge in [0.15, 0.2) is 0 Å². The summed E-state index contributed by atoms with van der Waals surface area (Å²) in [6.45, 7) is 0.584. The maximum atomic E-state index is 13.2. The molecular formula is C10H12FNO2S. The lowest BCUT2D eigenvalue weighted by atomic mass is 10.1. The van der Waals surface area contributed by atoms with Gasteiger partial charge in [-0.05, 0) is 17.7 Å². The van der Waals surface area contributed by atoms with Crippen LogP contribution < -0.4 is 5.73 Å². The molecule has 0 unspecified atom stereocenters. The van der Waals surface area contributed by atoms with E-state index in [1.54, 1.807) is 17.8 Å². The number of carboxylic acid groups (broad SMARTS) is 1. The molecule has 0 bridgehead atoms. The van der Waals surface area contributed by atoms with Crippen LogP contribution in [0.15, 0.2) is 18.2 Å². The van der Waals surface area contributed by atoms with Crippen molar-refractivity contribution in [2.75, 3.05) is 12.3 Å². The lowest BCUT2D eigenvalue weighted by Crippen LogP contribution is -2.02. The molecule has 0 amide bonds. The smallest absolute Gasteiger partial charge is 0.338 e. The number of rotatable bonds is 5. The fourth-order valence-electron chi connectivity index (χ4n) is 1.10. The molecule has 0 fully saturated rings. The van der Waals surface area contributed by atoms with E-state index in [4.69, 9.17) is 10.8 Å². The Labute approximate surface area is 91.5 Å². The van der Waals surface area contributed by atoms with Crippen LogP contribution in [0, 0.1) is 5.82 Å². The van der Waals surface area contributed by atoms with E-state index >= 15 is 0 Å². The second-order valence-electron chi connectivity index (χ2n) is 2.96. The zero-order valence-electron chi connectivity index (χ0n) is 8.07. The number of hydrogen-bond acceptors (Lipinski definition) is 3. The van der Waals surface area contributed by atoms with E-state index in [1.165, 1.54) is 12.1 Å². The molecule has 0 saturated carbocycles. The van der Waals surface area contributed by atoms with Crippen molar-refractivity contribution < 1.29 is 14.3 Å². The van der Waals surface area contributed by atoms with Crippen LogP contribution in [0.25, 0.3) is 0 Å². The van der Waals surface area contributed by atoms with Crippen molar-refractivity contribution in [1.82, 2.24) is 0 Å². The lowest BCUT2D eigenvalue weighted by molar-refractivity contribution is 0.0692. The molecule has 0 aromatic heterocycles. The Hall–Kier alpha value is -1.07. The zero-order valence-corrected chi connectivity index (χ0v) is 8.89. The van der Waals surface area contributed by atoms with E-state index in [0.29, 0.717) is 12.3 Å². The summed E-state index contributed by atoms with van der Waals surface area (Å²) in [5, 5.41) is 8.61. The molecule has 15 heavy (non-hydrogen) atoms. The molecule has 0 heterocycles. The van der Waals surface area contributed by atoms with Crippen LogP contribution in [0.5, 0.6) is 0 Å². The van der Waals surface area contributed by atoms with Gasteiger partial charge in [-0.1, -0.05) is 6.07 Å². The third kappa shape index (κ3) is 3.53. The molecule has 82 valence electrons. The van der Waals surface area contributed by atoms with Crippen molar-refractivity contribution >= 4 is 17.7 Å². The van der Waals surface area contributed by atoms with Crippen LogP contribution in [0.4, 0.5) is 4.39 Å². The highest BCUT2D eigenvalue weighted by Crippen LogP contribution is 2.15. The molecule has 3 N–H and O–H groups in total. The van der Waals surface area contributed by atoms with Crippen LogP contribution in [0.3, 0.4) is 0 Å². The molecule has 0 atom stereocenters. The highest BCUT2D eigenvalue weighted by atomic mass is 32.2. The first-order valence-electron chi connectivity index (χ1n) is 4.44. The van der Waals surface area contributed by atoms with Gasteiger partial charge in [-0.15, -0.1) is 0 Å². The number of carbonyl (C=O) groups is 1.